The van der Waals surface area contributed by atoms with Crippen molar-refractivity contribution in [1.29, 1.82) is 0 Å². The molecule has 1 aliphatic rings. The van der Waals surface area contributed by atoms with Gasteiger partial charge in [0.05, 0.1) is 0 Å². The molecule has 1 atom stereocenters. The summed E-state index contributed by atoms with van der Waals surface area (Å²) in [4.78, 5) is 12.9. The molecule has 1 fully saturated rings. The number of rotatable bonds is 3. The largest absolute Gasteiger partial charge is 0.480 e. The maximum atomic E-state index is 13.8. The molecule has 0 aliphatic carbocycles. The van der Waals surface area contributed by atoms with Crippen LogP contribution in [0, 0.1) is 12.7 Å². The minimum atomic E-state index is -0.810. The van der Waals surface area contributed by atoms with Gasteiger partial charge in [-0.15, -0.1) is 0 Å². The molecular weight excluding hydrogens is 221 g/mol. The van der Waals surface area contributed by atoms with Gasteiger partial charge in [0.25, 0.3) is 0 Å². The highest BCUT2D eigenvalue weighted by Crippen LogP contribution is 2.22. The maximum Gasteiger partial charge on any atom is 0.320 e. The molecule has 0 aromatic heterocycles. The summed E-state index contributed by atoms with van der Waals surface area (Å²) in [5.74, 6) is -1.03. The average molecular weight is 237 g/mol. The fourth-order valence-electron chi connectivity index (χ4n) is 2.34. The van der Waals surface area contributed by atoms with E-state index in [2.05, 4.69) is 0 Å². The van der Waals surface area contributed by atoms with Crippen LogP contribution in [0.25, 0.3) is 0 Å². The number of benzene rings is 1. The summed E-state index contributed by atoms with van der Waals surface area (Å²) in [5.41, 5.74) is 1.19. The Kier molecular flexibility index (Phi) is 3.43. The van der Waals surface area contributed by atoms with E-state index >= 15 is 0 Å². The number of carbonyl (C=O) groups is 1. The van der Waals surface area contributed by atoms with Gasteiger partial charge in [0.2, 0.25) is 0 Å². The van der Waals surface area contributed by atoms with Gasteiger partial charge < -0.3 is 5.11 Å². The van der Waals surface area contributed by atoms with E-state index in [0.29, 0.717) is 24.1 Å². The number of likely N-dealkylation sites (tertiary alicyclic amines) is 1. The molecule has 1 heterocycles. The summed E-state index contributed by atoms with van der Waals surface area (Å²) in [6.07, 6.45) is 1.52. The summed E-state index contributed by atoms with van der Waals surface area (Å²) in [6, 6.07) is 4.78. The Balaban J connectivity index is 2.15. The Hall–Kier alpha value is -1.42. The van der Waals surface area contributed by atoms with Gasteiger partial charge in [-0.05, 0) is 31.9 Å². The quantitative estimate of drug-likeness (QED) is 0.876. The van der Waals surface area contributed by atoms with Gasteiger partial charge in [-0.3, -0.25) is 9.69 Å². The van der Waals surface area contributed by atoms with E-state index in [4.69, 9.17) is 5.11 Å². The lowest BCUT2D eigenvalue weighted by molar-refractivity contribution is -0.142. The molecule has 0 bridgehead atoms. The van der Waals surface area contributed by atoms with Crippen molar-refractivity contribution >= 4 is 5.97 Å². The normalized spacial score (nSPS) is 20.7. The van der Waals surface area contributed by atoms with Gasteiger partial charge in [-0.2, -0.15) is 0 Å². The molecule has 1 saturated heterocycles. The summed E-state index contributed by atoms with van der Waals surface area (Å²) >= 11 is 0. The molecule has 0 radical (unpaired) electrons. The number of carboxylic acids is 1. The first kappa shape index (κ1) is 12.0. The van der Waals surface area contributed by atoms with Crippen molar-refractivity contribution in [3.05, 3.63) is 35.1 Å². The molecule has 17 heavy (non-hydrogen) atoms. The highest BCUT2D eigenvalue weighted by atomic mass is 19.1. The van der Waals surface area contributed by atoms with Crippen LogP contribution in [-0.2, 0) is 11.3 Å². The standard InChI is InChI=1S/C13H16FNO2/c1-9-4-2-5-10(12(9)14)8-15-7-3-6-11(15)13(16)17/h2,4-5,11H,3,6-8H2,1H3,(H,16,17)/t11-/m1/s1. The number of aryl methyl sites for hydroxylation is 1. The Morgan fingerprint density at radius 2 is 2.35 bits per heavy atom. The lowest BCUT2D eigenvalue weighted by Crippen LogP contribution is -2.35. The molecule has 3 nitrogen and oxygen atoms in total. The van der Waals surface area contributed by atoms with Crippen LogP contribution in [0.4, 0.5) is 4.39 Å². The molecule has 2 rings (SSSR count). The Bertz CT molecular complexity index is 433. The molecule has 1 N–H and O–H groups in total. The van der Waals surface area contributed by atoms with Crippen LogP contribution in [0.2, 0.25) is 0 Å². The fraction of sp³-hybridized carbons (Fsp3) is 0.462. The van der Waals surface area contributed by atoms with E-state index in [0.717, 1.165) is 13.0 Å². The predicted molar refractivity (Wildman–Crippen MR) is 62.2 cm³/mol. The van der Waals surface area contributed by atoms with Crippen molar-refractivity contribution in [2.45, 2.75) is 32.4 Å². The SMILES string of the molecule is Cc1cccc(CN2CCC[C@@H]2C(=O)O)c1F. The third kappa shape index (κ3) is 2.47. The molecule has 0 amide bonds. The molecule has 4 heteroatoms. The van der Waals surface area contributed by atoms with Crippen LogP contribution in [0.3, 0.4) is 0 Å². The molecular formula is C13H16FNO2. The van der Waals surface area contributed by atoms with Crippen LogP contribution in [0.1, 0.15) is 24.0 Å². The predicted octanol–water partition coefficient (Wildman–Crippen LogP) is 2.18. The molecule has 1 aromatic carbocycles. The zero-order valence-corrected chi connectivity index (χ0v) is 9.82. The molecule has 1 aromatic rings. The topological polar surface area (TPSA) is 40.5 Å². The van der Waals surface area contributed by atoms with Crippen molar-refractivity contribution in [3.8, 4) is 0 Å². The molecule has 0 spiro atoms. The van der Waals surface area contributed by atoms with Crippen LogP contribution >= 0.6 is 0 Å². The Morgan fingerprint density at radius 3 is 3.06 bits per heavy atom. The minimum absolute atomic E-state index is 0.219. The van der Waals surface area contributed by atoms with Crippen LogP contribution in [0.5, 0.6) is 0 Å². The number of hydrogen-bond acceptors (Lipinski definition) is 2. The fourth-order valence-corrected chi connectivity index (χ4v) is 2.34. The smallest absolute Gasteiger partial charge is 0.320 e. The summed E-state index contributed by atoms with van der Waals surface area (Å²) in [5, 5.41) is 9.05. The maximum absolute atomic E-state index is 13.8. The van der Waals surface area contributed by atoms with Gasteiger partial charge in [0.1, 0.15) is 11.9 Å². The van der Waals surface area contributed by atoms with Crippen LogP contribution < -0.4 is 0 Å². The first-order chi connectivity index (χ1) is 8.09. The second kappa shape index (κ2) is 4.84. The average Bonchev–Trinajstić information content (AvgIpc) is 2.73. The van der Waals surface area contributed by atoms with Crippen molar-refractivity contribution in [2.24, 2.45) is 0 Å². The zero-order valence-electron chi connectivity index (χ0n) is 9.82. The van der Waals surface area contributed by atoms with Gasteiger partial charge in [0.15, 0.2) is 0 Å². The van der Waals surface area contributed by atoms with E-state index in [-0.39, 0.29) is 5.82 Å². The van der Waals surface area contributed by atoms with Gasteiger partial charge in [0, 0.05) is 12.1 Å². The van der Waals surface area contributed by atoms with Crippen molar-refractivity contribution in [2.75, 3.05) is 6.54 Å². The number of carboxylic acid groups (broad SMARTS) is 1. The van der Waals surface area contributed by atoms with E-state index in [1.54, 1.807) is 25.1 Å². The minimum Gasteiger partial charge on any atom is -0.480 e. The van der Waals surface area contributed by atoms with Gasteiger partial charge >= 0.3 is 5.97 Å². The second-order valence-electron chi connectivity index (χ2n) is 4.51. The number of aliphatic carboxylic acids is 1. The first-order valence-corrected chi connectivity index (χ1v) is 5.80. The highest BCUT2D eigenvalue weighted by molar-refractivity contribution is 5.73. The third-order valence-corrected chi connectivity index (χ3v) is 3.29. The van der Waals surface area contributed by atoms with Gasteiger partial charge in [-0.1, -0.05) is 18.2 Å². The Morgan fingerprint density at radius 1 is 1.59 bits per heavy atom. The third-order valence-electron chi connectivity index (χ3n) is 3.29. The Labute approximate surface area is 99.9 Å². The van der Waals surface area contributed by atoms with Gasteiger partial charge in [-0.25, -0.2) is 4.39 Å². The second-order valence-corrected chi connectivity index (χ2v) is 4.51. The van der Waals surface area contributed by atoms with E-state index in [9.17, 15) is 9.18 Å². The van der Waals surface area contributed by atoms with Crippen molar-refractivity contribution in [1.82, 2.24) is 4.90 Å². The summed E-state index contributed by atoms with van der Waals surface area (Å²) in [6.45, 7) is 2.83. The monoisotopic (exact) mass is 237 g/mol. The lowest BCUT2D eigenvalue weighted by atomic mass is 10.1. The van der Waals surface area contributed by atoms with Crippen LogP contribution in [0.15, 0.2) is 18.2 Å². The van der Waals surface area contributed by atoms with E-state index in [1.165, 1.54) is 0 Å². The molecule has 92 valence electrons. The number of halogens is 1. The first-order valence-electron chi connectivity index (χ1n) is 5.80. The molecule has 0 saturated carbocycles. The van der Waals surface area contributed by atoms with Crippen LogP contribution in [-0.4, -0.2) is 28.6 Å². The van der Waals surface area contributed by atoms with E-state index in [1.807, 2.05) is 4.90 Å². The summed E-state index contributed by atoms with van der Waals surface area (Å²) < 4.78 is 13.8. The molecule has 1 aliphatic heterocycles. The zero-order chi connectivity index (χ0) is 12.4. The highest BCUT2D eigenvalue weighted by Gasteiger charge is 2.30. The van der Waals surface area contributed by atoms with Crippen molar-refractivity contribution in [3.63, 3.8) is 0 Å². The molecule has 0 unspecified atom stereocenters. The number of hydrogen-bond donors (Lipinski definition) is 1. The van der Waals surface area contributed by atoms with Crippen molar-refractivity contribution < 1.29 is 14.3 Å². The number of nitrogens with zero attached hydrogens (tertiary/aromatic N) is 1. The summed E-state index contributed by atoms with van der Waals surface area (Å²) in [7, 11) is 0. The van der Waals surface area contributed by atoms with E-state index < -0.39 is 12.0 Å². The lowest BCUT2D eigenvalue weighted by Gasteiger charge is -2.21.